The zero-order valence-electron chi connectivity index (χ0n) is 10.1. The van der Waals surface area contributed by atoms with Gasteiger partial charge in [0.05, 0.1) is 15.5 Å². The standard InChI is InChI=1S/C12H10ClN3O3S/c13-11-4-5-15-7-10(11)12(17)16-8-2-1-3-9(6-8)20(14,18)19/h1-7H,(H,16,17)(H2,14,18,19). The van der Waals surface area contributed by atoms with Crippen molar-refractivity contribution in [3.8, 4) is 0 Å². The number of benzene rings is 1. The van der Waals surface area contributed by atoms with Crippen LogP contribution in [0.2, 0.25) is 5.02 Å². The van der Waals surface area contributed by atoms with E-state index in [9.17, 15) is 13.2 Å². The lowest BCUT2D eigenvalue weighted by atomic mass is 10.2. The fourth-order valence-corrected chi connectivity index (χ4v) is 2.24. The van der Waals surface area contributed by atoms with Crippen molar-refractivity contribution < 1.29 is 13.2 Å². The van der Waals surface area contributed by atoms with Crippen LogP contribution in [0, 0.1) is 0 Å². The summed E-state index contributed by atoms with van der Waals surface area (Å²) in [5.74, 6) is -0.491. The van der Waals surface area contributed by atoms with Gasteiger partial charge < -0.3 is 5.32 Å². The molecule has 0 radical (unpaired) electrons. The molecule has 0 saturated carbocycles. The Bertz CT molecular complexity index is 762. The van der Waals surface area contributed by atoms with Gasteiger partial charge in [-0.05, 0) is 24.3 Å². The topological polar surface area (TPSA) is 102 Å². The van der Waals surface area contributed by atoms with E-state index in [4.69, 9.17) is 16.7 Å². The number of anilines is 1. The zero-order valence-corrected chi connectivity index (χ0v) is 11.6. The van der Waals surface area contributed by atoms with E-state index in [1.807, 2.05) is 0 Å². The summed E-state index contributed by atoms with van der Waals surface area (Å²) in [6.45, 7) is 0. The van der Waals surface area contributed by atoms with Gasteiger partial charge in [-0.1, -0.05) is 17.7 Å². The summed E-state index contributed by atoms with van der Waals surface area (Å²) in [5, 5.41) is 7.80. The van der Waals surface area contributed by atoms with E-state index in [1.54, 1.807) is 0 Å². The van der Waals surface area contributed by atoms with Crippen molar-refractivity contribution in [2.75, 3.05) is 5.32 Å². The minimum Gasteiger partial charge on any atom is -0.322 e. The van der Waals surface area contributed by atoms with Crippen molar-refractivity contribution in [2.45, 2.75) is 4.90 Å². The number of nitrogens with zero attached hydrogens (tertiary/aromatic N) is 1. The summed E-state index contributed by atoms with van der Waals surface area (Å²) in [4.78, 5) is 15.7. The van der Waals surface area contributed by atoms with E-state index in [1.165, 1.54) is 42.7 Å². The van der Waals surface area contributed by atoms with Crippen LogP contribution in [0.1, 0.15) is 10.4 Å². The Morgan fingerprint density at radius 1 is 1.30 bits per heavy atom. The number of hydrogen-bond donors (Lipinski definition) is 2. The van der Waals surface area contributed by atoms with E-state index in [0.29, 0.717) is 5.69 Å². The van der Waals surface area contributed by atoms with Crippen LogP contribution in [0.25, 0.3) is 0 Å². The Hall–Kier alpha value is -1.96. The fourth-order valence-electron chi connectivity index (χ4n) is 1.49. The molecule has 1 aromatic heterocycles. The Morgan fingerprint density at radius 3 is 2.70 bits per heavy atom. The largest absolute Gasteiger partial charge is 0.322 e. The maximum absolute atomic E-state index is 12.0. The van der Waals surface area contributed by atoms with Crippen molar-refractivity contribution in [3.63, 3.8) is 0 Å². The van der Waals surface area contributed by atoms with Crippen LogP contribution in [0.15, 0.2) is 47.6 Å². The first-order valence-electron chi connectivity index (χ1n) is 5.41. The van der Waals surface area contributed by atoms with Gasteiger partial charge in [0.25, 0.3) is 5.91 Å². The average molecular weight is 312 g/mol. The molecule has 3 N–H and O–H groups in total. The fraction of sp³-hybridized carbons (Fsp3) is 0. The molecule has 104 valence electrons. The number of aromatic nitrogens is 1. The molecule has 0 aliphatic rings. The lowest BCUT2D eigenvalue weighted by Gasteiger charge is -2.07. The third kappa shape index (κ3) is 3.32. The van der Waals surface area contributed by atoms with Gasteiger partial charge in [-0.25, -0.2) is 13.6 Å². The van der Waals surface area contributed by atoms with Gasteiger partial charge in [0.2, 0.25) is 10.0 Å². The number of rotatable bonds is 3. The summed E-state index contributed by atoms with van der Waals surface area (Å²) < 4.78 is 22.5. The minimum atomic E-state index is -3.82. The first-order valence-corrected chi connectivity index (χ1v) is 7.34. The molecule has 0 fully saturated rings. The molecule has 0 aliphatic heterocycles. The van der Waals surface area contributed by atoms with E-state index >= 15 is 0 Å². The number of carbonyl (C=O) groups is 1. The molecule has 1 heterocycles. The van der Waals surface area contributed by atoms with Crippen LogP contribution in [0.3, 0.4) is 0 Å². The molecule has 1 amide bonds. The molecule has 0 aliphatic carbocycles. The van der Waals surface area contributed by atoms with E-state index in [-0.39, 0.29) is 15.5 Å². The molecule has 20 heavy (non-hydrogen) atoms. The normalized spacial score (nSPS) is 11.1. The first-order chi connectivity index (χ1) is 9.38. The number of carbonyl (C=O) groups excluding carboxylic acids is 1. The van der Waals surface area contributed by atoms with Crippen LogP contribution >= 0.6 is 11.6 Å². The van der Waals surface area contributed by atoms with Crippen molar-refractivity contribution in [1.82, 2.24) is 4.98 Å². The second-order valence-corrected chi connectivity index (χ2v) is 5.85. The summed E-state index contributed by atoms with van der Waals surface area (Å²) in [5.41, 5.74) is 0.483. The van der Waals surface area contributed by atoms with E-state index in [0.717, 1.165) is 0 Å². The monoisotopic (exact) mass is 311 g/mol. The Labute approximate surface area is 120 Å². The van der Waals surface area contributed by atoms with Gasteiger partial charge in [0.15, 0.2) is 0 Å². The number of nitrogens with one attached hydrogen (secondary N) is 1. The van der Waals surface area contributed by atoms with Crippen molar-refractivity contribution in [2.24, 2.45) is 5.14 Å². The minimum absolute atomic E-state index is 0.0902. The molecule has 6 nitrogen and oxygen atoms in total. The molecule has 0 unspecified atom stereocenters. The highest BCUT2D eigenvalue weighted by atomic mass is 35.5. The van der Waals surface area contributed by atoms with Gasteiger partial charge in [-0.15, -0.1) is 0 Å². The van der Waals surface area contributed by atoms with Crippen LogP contribution in [-0.4, -0.2) is 19.3 Å². The van der Waals surface area contributed by atoms with Gasteiger partial charge >= 0.3 is 0 Å². The van der Waals surface area contributed by atoms with Gasteiger partial charge in [0.1, 0.15) is 0 Å². The van der Waals surface area contributed by atoms with Crippen molar-refractivity contribution in [3.05, 3.63) is 53.3 Å². The average Bonchev–Trinajstić information content (AvgIpc) is 2.38. The maximum Gasteiger partial charge on any atom is 0.258 e. The number of amides is 1. The molecule has 2 aromatic rings. The predicted octanol–water partition coefficient (Wildman–Crippen LogP) is 1.63. The third-order valence-electron chi connectivity index (χ3n) is 2.43. The van der Waals surface area contributed by atoms with Crippen LogP contribution in [0.4, 0.5) is 5.69 Å². The van der Waals surface area contributed by atoms with E-state index in [2.05, 4.69) is 10.3 Å². The molecule has 8 heteroatoms. The quantitative estimate of drug-likeness (QED) is 0.899. The Kier molecular flexibility index (Phi) is 4.03. The molecular formula is C12H10ClN3O3S. The molecule has 0 saturated heterocycles. The smallest absolute Gasteiger partial charge is 0.258 e. The van der Waals surface area contributed by atoms with Crippen molar-refractivity contribution >= 4 is 33.2 Å². The van der Waals surface area contributed by atoms with Crippen LogP contribution in [0.5, 0.6) is 0 Å². The first kappa shape index (κ1) is 14.4. The number of pyridine rings is 1. The van der Waals surface area contributed by atoms with E-state index < -0.39 is 15.9 Å². The zero-order chi connectivity index (χ0) is 14.8. The number of primary sulfonamides is 1. The summed E-state index contributed by atoms with van der Waals surface area (Å²) in [6, 6.07) is 7.09. The second kappa shape index (κ2) is 5.58. The van der Waals surface area contributed by atoms with Crippen LogP contribution < -0.4 is 10.5 Å². The number of nitrogens with two attached hydrogens (primary N) is 1. The maximum atomic E-state index is 12.0. The van der Waals surface area contributed by atoms with Gasteiger partial charge in [-0.2, -0.15) is 0 Å². The molecule has 2 rings (SSSR count). The highest BCUT2D eigenvalue weighted by molar-refractivity contribution is 7.89. The predicted molar refractivity (Wildman–Crippen MR) is 75.0 cm³/mol. The number of sulfonamides is 1. The number of hydrogen-bond acceptors (Lipinski definition) is 4. The lowest BCUT2D eigenvalue weighted by molar-refractivity contribution is 0.102. The highest BCUT2D eigenvalue weighted by Crippen LogP contribution is 2.18. The number of halogens is 1. The highest BCUT2D eigenvalue weighted by Gasteiger charge is 2.12. The summed E-state index contributed by atoms with van der Waals surface area (Å²) in [7, 11) is -3.82. The van der Waals surface area contributed by atoms with Crippen molar-refractivity contribution in [1.29, 1.82) is 0 Å². The SMILES string of the molecule is NS(=O)(=O)c1cccc(NC(=O)c2cnccc2Cl)c1. The molecule has 1 aromatic carbocycles. The molecular weight excluding hydrogens is 302 g/mol. The van der Waals surface area contributed by atoms with Gasteiger partial charge in [0, 0.05) is 18.1 Å². The summed E-state index contributed by atoms with van der Waals surface area (Å²) >= 11 is 5.87. The molecule has 0 atom stereocenters. The van der Waals surface area contributed by atoms with Crippen LogP contribution in [-0.2, 0) is 10.0 Å². The lowest BCUT2D eigenvalue weighted by Crippen LogP contribution is -2.15. The Balaban J connectivity index is 2.27. The second-order valence-electron chi connectivity index (χ2n) is 3.88. The van der Waals surface area contributed by atoms with Gasteiger partial charge in [-0.3, -0.25) is 9.78 Å². The Morgan fingerprint density at radius 2 is 2.05 bits per heavy atom. The molecule has 0 bridgehead atoms. The molecule has 0 spiro atoms. The third-order valence-corrected chi connectivity index (χ3v) is 3.67. The summed E-state index contributed by atoms with van der Waals surface area (Å²) in [6.07, 6.45) is 2.78.